The van der Waals surface area contributed by atoms with Crippen LogP contribution in [0, 0.1) is 6.92 Å². The summed E-state index contributed by atoms with van der Waals surface area (Å²) in [6, 6.07) is 17.9. The number of nitrogens with zero attached hydrogens (tertiary/aromatic N) is 1. The van der Waals surface area contributed by atoms with Crippen LogP contribution in [0.1, 0.15) is 61.6 Å². The first kappa shape index (κ1) is 27.0. The fourth-order valence-corrected chi connectivity index (χ4v) is 4.77. The largest absolute Gasteiger partial charge is 0.507 e. The number of aryl methyl sites for hydroxylation is 2. The molecule has 6 heteroatoms. The average molecular weight is 514 g/mol. The number of aliphatic hydroxyl groups excluding tert-OH is 1. The summed E-state index contributed by atoms with van der Waals surface area (Å²) >= 11 is 0. The Kier molecular flexibility index (Phi) is 7.36. The molecule has 0 aromatic heterocycles. The molecule has 1 atom stereocenters. The van der Waals surface area contributed by atoms with Gasteiger partial charge in [-0.25, -0.2) is 0 Å². The number of carbonyl (C=O) groups excluding carboxylic acids is 2. The molecule has 1 unspecified atom stereocenters. The Labute approximate surface area is 224 Å². The summed E-state index contributed by atoms with van der Waals surface area (Å²) in [5.74, 6) is -0.690. The summed E-state index contributed by atoms with van der Waals surface area (Å²) in [5, 5.41) is 11.7. The van der Waals surface area contributed by atoms with Gasteiger partial charge in [0.15, 0.2) is 0 Å². The molecular weight excluding hydrogens is 478 g/mol. The maximum Gasteiger partial charge on any atom is 0.300 e. The Morgan fingerprint density at radius 3 is 2.05 bits per heavy atom. The lowest BCUT2D eigenvalue weighted by Gasteiger charge is -2.26. The van der Waals surface area contributed by atoms with Gasteiger partial charge in [0.2, 0.25) is 0 Å². The summed E-state index contributed by atoms with van der Waals surface area (Å²) in [4.78, 5) is 28.7. The van der Waals surface area contributed by atoms with Crippen molar-refractivity contribution < 1.29 is 24.2 Å². The van der Waals surface area contributed by atoms with Crippen molar-refractivity contribution in [3.8, 4) is 11.5 Å². The average Bonchev–Trinajstić information content (AvgIpc) is 3.17. The molecular formula is C32H35NO5. The zero-order valence-electron chi connectivity index (χ0n) is 23.1. The normalized spacial score (nSPS) is 17.1. The summed E-state index contributed by atoms with van der Waals surface area (Å²) in [6.07, 6.45) is 0.854. The number of Topliss-reactive ketones (excluding diaryl/α,β-unsaturated/α-hetero) is 1. The second-order valence-corrected chi connectivity index (χ2v) is 10.6. The third kappa shape index (κ3) is 4.91. The van der Waals surface area contributed by atoms with Gasteiger partial charge in [0.25, 0.3) is 11.7 Å². The van der Waals surface area contributed by atoms with Crippen molar-refractivity contribution in [3.63, 3.8) is 0 Å². The monoisotopic (exact) mass is 513 g/mol. The van der Waals surface area contributed by atoms with Crippen LogP contribution >= 0.6 is 0 Å². The van der Waals surface area contributed by atoms with Crippen LogP contribution in [0.4, 0.5) is 5.69 Å². The second kappa shape index (κ2) is 10.4. The van der Waals surface area contributed by atoms with Gasteiger partial charge in [-0.1, -0.05) is 64.1 Å². The molecule has 0 saturated carbocycles. The van der Waals surface area contributed by atoms with E-state index in [1.54, 1.807) is 18.2 Å². The number of benzene rings is 3. The molecule has 6 nitrogen and oxygen atoms in total. The lowest BCUT2D eigenvalue weighted by Crippen LogP contribution is -2.29. The van der Waals surface area contributed by atoms with E-state index in [0.29, 0.717) is 22.7 Å². The van der Waals surface area contributed by atoms with Gasteiger partial charge < -0.3 is 14.6 Å². The van der Waals surface area contributed by atoms with Crippen LogP contribution in [0.25, 0.3) is 5.76 Å². The SMILES string of the molecule is CCc1ccc(C2/C(=C(\O)c3cc(C(C)(C)C)ccc3C)C(=O)C(=O)N2c2cc(OC)cc(OC)c2)cc1. The Balaban J connectivity index is 1.99. The topological polar surface area (TPSA) is 76.1 Å². The molecule has 0 spiro atoms. The maximum atomic E-state index is 13.6. The Bertz CT molecular complexity index is 1390. The quantitative estimate of drug-likeness (QED) is 0.231. The van der Waals surface area contributed by atoms with Gasteiger partial charge in [-0.3, -0.25) is 14.5 Å². The maximum absolute atomic E-state index is 13.6. The second-order valence-electron chi connectivity index (χ2n) is 10.6. The molecule has 198 valence electrons. The standard InChI is InChI=1S/C32H35NO5/c1-8-20-10-12-21(13-11-20)28-27(29(34)26-15-22(32(3,4)5)14-9-19(26)2)30(35)31(36)33(28)23-16-24(37-6)18-25(17-23)38-7/h9-18,28,34H,8H2,1-7H3/b29-27+. The summed E-state index contributed by atoms with van der Waals surface area (Å²) in [7, 11) is 3.05. The van der Waals surface area contributed by atoms with Gasteiger partial charge in [0.1, 0.15) is 17.3 Å². The van der Waals surface area contributed by atoms with Gasteiger partial charge in [-0.15, -0.1) is 0 Å². The lowest BCUT2D eigenvalue weighted by atomic mass is 9.84. The van der Waals surface area contributed by atoms with E-state index >= 15 is 0 Å². The highest BCUT2D eigenvalue weighted by atomic mass is 16.5. The summed E-state index contributed by atoms with van der Waals surface area (Å²) < 4.78 is 10.9. The zero-order chi connectivity index (χ0) is 27.8. The number of amides is 1. The summed E-state index contributed by atoms with van der Waals surface area (Å²) in [5.41, 5.74) is 4.53. The molecule has 0 bridgehead atoms. The van der Waals surface area contributed by atoms with Crippen molar-refractivity contribution in [2.24, 2.45) is 0 Å². The fraction of sp³-hybridized carbons (Fsp3) is 0.312. The predicted octanol–water partition coefficient (Wildman–Crippen LogP) is 6.50. The van der Waals surface area contributed by atoms with Crippen molar-refractivity contribution >= 4 is 23.1 Å². The number of carbonyl (C=O) groups is 2. The third-order valence-corrected chi connectivity index (χ3v) is 7.12. The Hall–Kier alpha value is -4.06. The molecule has 3 aromatic carbocycles. The molecule has 1 amide bonds. The number of methoxy groups -OCH3 is 2. The van der Waals surface area contributed by atoms with Gasteiger partial charge in [0, 0.05) is 23.8 Å². The fourth-order valence-electron chi connectivity index (χ4n) is 4.77. The first-order valence-corrected chi connectivity index (χ1v) is 12.7. The van der Waals surface area contributed by atoms with E-state index in [1.165, 1.54) is 19.1 Å². The predicted molar refractivity (Wildman–Crippen MR) is 150 cm³/mol. The van der Waals surface area contributed by atoms with Gasteiger partial charge >= 0.3 is 0 Å². The first-order chi connectivity index (χ1) is 18.0. The van der Waals surface area contributed by atoms with E-state index in [1.807, 2.05) is 49.4 Å². The molecule has 1 N–H and O–H groups in total. The van der Waals surface area contributed by atoms with Gasteiger partial charge in [0.05, 0.1) is 31.5 Å². The lowest BCUT2D eigenvalue weighted by molar-refractivity contribution is -0.132. The van der Waals surface area contributed by atoms with Crippen molar-refractivity contribution in [1.29, 1.82) is 0 Å². The Morgan fingerprint density at radius 1 is 0.921 bits per heavy atom. The van der Waals surface area contributed by atoms with Gasteiger partial charge in [-0.2, -0.15) is 0 Å². The molecule has 0 aliphatic carbocycles. The molecule has 38 heavy (non-hydrogen) atoms. The highest BCUT2D eigenvalue weighted by Crippen LogP contribution is 2.44. The van der Waals surface area contributed by atoms with Crippen molar-refractivity contribution in [2.45, 2.75) is 52.5 Å². The minimum Gasteiger partial charge on any atom is -0.507 e. The highest BCUT2D eigenvalue weighted by Gasteiger charge is 2.47. The number of aliphatic hydroxyl groups is 1. The first-order valence-electron chi connectivity index (χ1n) is 12.7. The van der Waals surface area contributed by atoms with Crippen LogP contribution in [0.3, 0.4) is 0 Å². The third-order valence-electron chi connectivity index (χ3n) is 7.12. The number of ether oxygens (including phenoxy) is 2. The highest BCUT2D eigenvalue weighted by molar-refractivity contribution is 6.51. The van der Waals surface area contributed by atoms with Crippen molar-refractivity contribution in [2.75, 3.05) is 19.1 Å². The molecule has 1 fully saturated rings. The minimum absolute atomic E-state index is 0.0511. The van der Waals surface area contributed by atoms with Crippen LogP contribution in [0.2, 0.25) is 0 Å². The molecule has 1 aliphatic heterocycles. The van der Waals surface area contributed by atoms with Crippen LogP contribution in [-0.2, 0) is 21.4 Å². The van der Waals surface area contributed by atoms with Crippen LogP contribution in [-0.4, -0.2) is 31.0 Å². The van der Waals surface area contributed by atoms with E-state index in [0.717, 1.165) is 28.7 Å². The Morgan fingerprint density at radius 2 is 1.53 bits per heavy atom. The molecule has 4 rings (SSSR count). The molecule has 3 aromatic rings. The molecule has 1 aliphatic rings. The minimum atomic E-state index is -0.838. The van der Waals surface area contributed by atoms with Crippen molar-refractivity contribution in [3.05, 3.63) is 94.1 Å². The number of hydrogen-bond donors (Lipinski definition) is 1. The van der Waals surface area contributed by atoms with Crippen molar-refractivity contribution in [1.82, 2.24) is 0 Å². The van der Waals surface area contributed by atoms with E-state index in [2.05, 4.69) is 27.7 Å². The van der Waals surface area contributed by atoms with E-state index in [4.69, 9.17) is 9.47 Å². The van der Waals surface area contributed by atoms with Crippen LogP contribution in [0.15, 0.2) is 66.2 Å². The zero-order valence-corrected chi connectivity index (χ0v) is 23.1. The molecule has 0 radical (unpaired) electrons. The van der Waals surface area contributed by atoms with Crippen LogP contribution < -0.4 is 14.4 Å². The smallest absolute Gasteiger partial charge is 0.300 e. The van der Waals surface area contributed by atoms with E-state index in [-0.39, 0.29) is 16.7 Å². The number of rotatable bonds is 6. The number of ketones is 1. The van der Waals surface area contributed by atoms with Gasteiger partial charge in [-0.05, 0) is 47.1 Å². The van der Waals surface area contributed by atoms with E-state index in [9.17, 15) is 14.7 Å². The number of anilines is 1. The van der Waals surface area contributed by atoms with E-state index < -0.39 is 17.7 Å². The van der Waals surface area contributed by atoms with Crippen LogP contribution in [0.5, 0.6) is 11.5 Å². The number of hydrogen-bond acceptors (Lipinski definition) is 5. The molecule has 1 saturated heterocycles. The summed E-state index contributed by atoms with van der Waals surface area (Å²) in [6.45, 7) is 10.2. The molecule has 1 heterocycles.